The molecule has 1 N–H and O–H groups in total. The Hall–Kier alpha value is -3.02. The molecule has 0 amide bonds. The largest absolute Gasteiger partial charge is 0.478 e. The van der Waals surface area contributed by atoms with Crippen molar-refractivity contribution in [2.75, 3.05) is 0 Å². The summed E-state index contributed by atoms with van der Waals surface area (Å²) in [5.74, 6) is -0.307. The van der Waals surface area contributed by atoms with Crippen LogP contribution in [0.4, 0.5) is 0 Å². The fourth-order valence-corrected chi connectivity index (χ4v) is 2.20. The Labute approximate surface area is 127 Å². The first-order chi connectivity index (χ1) is 10.5. The SMILES string of the molecule is Cc1ccc(-c2cc(C(=O)O)cc(-n3ncnc3C)c2)nc1. The molecule has 0 aliphatic rings. The highest BCUT2D eigenvalue weighted by Crippen LogP contribution is 2.23. The van der Waals surface area contributed by atoms with E-state index in [-0.39, 0.29) is 5.56 Å². The first kappa shape index (κ1) is 13.9. The predicted molar refractivity (Wildman–Crippen MR) is 81.0 cm³/mol. The van der Waals surface area contributed by atoms with Gasteiger partial charge in [0.2, 0.25) is 0 Å². The highest BCUT2D eigenvalue weighted by atomic mass is 16.4. The summed E-state index contributed by atoms with van der Waals surface area (Å²) in [7, 11) is 0. The maximum atomic E-state index is 11.4. The molecule has 0 atom stereocenters. The molecule has 3 rings (SSSR count). The lowest BCUT2D eigenvalue weighted by molar-refractivity contribution is 0.0697. The van der Waals surface area contributed by atoms with Crippen LogP contribution in [0.3, 0.4) is 0 Å². The van der Waals surface area contributed by atoms with Crippen LogP contribution in [0.5, 0.6) is 0 Å². The van der Waals surface area contributed by atoms with Crippen molar-refractivity contribution in [2.24, 2.45) is 0 Å². The van der Waals surface area contributed by atoms with Gasteiger partial charge in [-0.05, 0) is 43.7 Å². The van der Waals surface area contributed by atoms with Crippen molar-refractivity contribution < 1.29 is 9.90 Å². The van der Waals surface area contributed by atoms with Crippen molar-refractivity contribution in [1.29, 1.82) is 0 Å². The second kappa shape index (κ2) is 5.40. The molecule has 22 heavy (non-hydrogen) atoms. The smallest absolute Gasteiger partial charge is 0.335 e. The topological polar surface area (TPSA) is 80.9 Å². The third-order valence-corrected chi connectivity index (χ3v) is 3.33. The number of hydrogen-bond donors (Lipinski definition) is 1. The van der Waals surface area contributed by atoms with E-state index in [0.717, 1.165) is 11.1 Å². The molecule has 0 bridgehead atoms. The zero-order chi connectivity index (χ0) is 15.7. The number of carbonyl (C=O) groups is 1. The number of carboxylic acids is 1. The number of carboxylic acid groups (broad SMARTS) is 1. The monoisotopic (exact) mass is 294 g/mol. The van der Waals surface area contributed by atoms with Crippen LogP contribution in [-0.2, 0) is 0 Å². The van der Waals surface area contributed by atoms with E-state index < -0.39 is 5.97 Å². The average Bonchev–Trinajstić information content (AvgIpc) is 2.93. The molecule has 6 nitrogen and oxygen atoms in total. The lowest BCUT2D eigenvalue weighted by Crippen LogP contribution is -2.04. The Morgan fingerprint density at radius 1 is 1.14 bits per heavy atom. The van der Waals surface area contributed by atoms with Crippen LogP contribution in [0.2, 0.25) is 0 Å². The molecule has 6 heteroatoms. The predicted octanol–water partition coefficient (Wildman–Crippen LogP) is 2.64. The number of aromatic carboxylic acids is 1. The van der Waals surface area contributed by atoms with Crippen LogP contribution in [0, 0.1) is 13.8 Å². The lowest BCUT2D eigenvalue weighted by atomic mass is 10.1. The molecule has 0 aliphatic carbocycles. The van der Waals surface area contributed by atoms with Gasteiger partial charge in [0.05, 0.1) is 16.9 Å². The van der Waals surface area contributed by atoms with Crippen molar-refractivity contribution in [2.45, 2.75) is 13.8 Å². The van der Waals surface area contributed by atoms with Gasteiger partial charge in [-0.2, -0.15) is 5.10 Å². The van der Waals surface area contributed by atoms with Gasteiger partial charge in [-0.1, -0.05) is 6.07 Å². The first-order valence-corrected chi connectivity index (χ1v) is 6.73. The van der Waals surface area contributed by atoms with E-state index in [4.69, 9.17) is 0 Å². The zero-order valence-corrected chi connectivity index (χ0v) is 12.2. The van der Waals surface area contributed by atoms with Crippen molar-refractivity contribution >= 4 is 5.97 Å². The van der Waals surface area contributed by atoms with Gasteiger partial charge in [-0.3, -0.25) is 4.98 Å². The molecule has 2 heterocycles. The summed E-state index contributed by atoms with van der Waals surface area (Å²) in [5.41, 5.74) is 3.32. The minimum Gasteiger partial charge on any atom is -0.478 e. The zero-order valence-electron chi connectivity index (χ0n) is 12.2. The minimum atomic E-state index is -0.993. The summed E-state index contributed by atoms with van der Waals surface area (Å²) in [6.07, 6.45) is 3.19. The molecule has 0 spiro atoms. The summed E-state index contributed by atoms with van der Waals surface area (Å²) < 4.78 is 1.60. The van der Waals surface area contributed by atoms with E-state index in [1.54, 1.807) is 23.0 Å². The van der Waals surface area contributed by atoms with Crippen LogP contribution in [0.15, 0.2) is 42.9 Å². The quantitative estimate of drug-likeness (QED) is 0.803. The Bertz CT molecular complexity index is 838. The lowest BCUT2D eigenvalue weighted by Gasteiger charge is -2.09. The fraction of sp³-hybridized carbons (Fsp3) is 0.125. The highest BCUT2D eigenvalue weighted by molar-refractivity contribution is 5.90. The van der Waals surface area contributed by atoms with Crippen LogP contribution < -0.4 is 0 Å². The van der Waals surface area contributed by atoms with Gasteiger partial charge in [-0.15, -0.1) is 0 Å². The average molecular weight is 294 g/mol. The Morgan fingerprint density at radius 3 is 2.55 bits per heavy atom. The molecule has 1 aromatic carbocycles. The molecule has 0 unspecified atom stereocenters. The van der Waals surface area contributed by atoms with Gasteiger partial charge in [0.1, 0.15) is 12.2 Å². The second-order valence-corrected chi connectivity index (χ2v) is 5.01. The normalized spacial score (nSPS) is 10.6. The van der Waals surface area contributed by atoms with E-state index in [1.165, 1.54) is 6.33 Å². The number of rotatable bonds is 3. The number of benzene rings is 1. The van der Waals surface area contributed by atoms with Gasteiger partial charge in [0, 0.05) is 11.8 Å². The summed E-state index contributed by atoms with van der Waals surface area (Å²) in [5, 5.41) is 13.5. The van der Waals surface area contributed by atoms with Gasteiger partial charge in [-0.25, -0.2) is 14.5 Å². The molecule has 0 aliphatic heterocycles. The molecular formula is C16H14N4O2. The molecule has 0 radical (unpaired) electrons. The molecule has 0 saturated heterocycles. The minimum absolute atomic E-state index is 0.185. The molecule has 2 aromatic heterocycles. The van der Waals surface area contributed by atoms with E-state index in [1.807, 2.05) is 32.0 Å². The Balaban J connectivity index is 2.18. The van der Waals surface area contributed by atoms with Crippen LogP contribution in [-0.4, -0.2) is 30.8 Å². The fourth-order valence-electron chi connectivity index (χ4n) is 2.20. The van der Waals surface area contributed by atoms with Crippen molar-refractivity contribution in [3.63, 3.8) is 0 Å². The van der Waals surface area contributed by atoms with Gasteiger partial charge < -0.3 is 5.11 Å². The Morgan fingerprint density at radius 2 is 1.95 bits per heavy atom. The maximum Gasteiger partial charge on any atom is 0.335 e. The third-order valence-electron chi connectivity index (χ3n) is 3.33. The summed E-state index contributed by atoms with van der Waals surface area (Å²) >= 11 is 0. The molecule has 0 saturated carbocycles. The number of hydrogen-bond acceptors (Lipinski definition) is 4. The van der Waals surface area contributed by atoms with Gasteiger partial charge >= 0.3 is 5.97 Å². The van der Waals surface area contributed by atoms with E-state index in [9.17, 15) is 9.90 Å². The van der Waals surface area contributed by atoms with E-state index >= 15 is 0 Å². The third kappa shape index (κ3) is 2.58. The number of aryl methyl sites for hydroxylation is 2. The molecule has 110 valence electrons. The first-order valence-electron chi connectivity index (χ1n) is 6.73. The summed E-state index contributed by atoms with van der Waals surface area (Å²) in [6, 6.07) is 8.84. The number of pyridine rings is 1. The second-order valence-electron chi connectivity index (χ2n) is 5.01. The molecule has 0 fully saturated rings. The van der Waals surface area contributed by atoms with Crippen LogP contribution >= 0.6 is 0 Å². The number of nitrogens with zero attached hydrogens (tertiary/aromatic N) is 4. The summed E-state index contributed by atoms with van der Waals surface area (Å²) in [6.45, 7) is 3.76. The maximum absolute atomic E-state index is 11.4. The van der Waals surface area contributed by atoms with Crippen molar-refractivity contribution in [3.8, 4) is 16.9 Å². The van der Waals surface area contributed by atoms with Crippen LogP contribution in [0.1, 0.15) is 21.7 Å². The number of aromatic nitrogens is 4. The highest BCUT2D eigenvalue weighted by Gasteiger charge is 2.12. The Kier molecular flexibility index (Phi) is 3.42. The van der Waals surface area contributed by atoms with Crippen molar-refractivity contribution in [3.05, 3.63) is 59.8 Å². The summed E-state index contributed by atoms with van der Waals surface area (Å²) in [4.78, 5) is 19.8. The molecular weight excluding hydrogens is 280 g/mol. The van der Waals surface area contributed by atoms with E-state index in [2.05, 4.69) is 15.1 Å². The van der Waals surface area contributed by atoms with Crippen LogP contribution in [0.25, 0.3) is 16.9 Å². The van der Waals surface area contributed by atoms with Gasteiger partial charge in [0.15, 0.2) is 0 Å². The van der Waals surface area contributed by atoms with Crippen molar-refractivity contribution in [1.82, 2.24) is 19.7 Å². The van der Waals surface area contributed by atoms with Gasteiger partial charge in [0.25, 0.3) is 0 Å². The molecule has 3 aromatic rings. The standard InChI is InChI=1S/C16H14N4O2/c1-10-3-4-15(17-8-10)12-5-13(16(21)22)7-14(6-12)20-11(2)18-9-19-20/h3-9H,1-2H3,(H,21,22). The van der Waals surface area contributed by atoms with E-state index in [0.29, 0.717) is 17.2 Å².